The lowest BCUT2D eigenvalue weighted by Crippen LogP contribution is -2.03. The SMILES string of the molecule is CCc1ccc(-c2nc(N)nc(N)n2)o1. The molecule has 0 aliphatic rings. The van der Waals surface area contributed by atoms with E-state index in [1.807, 2.05) is 13.0 Å². The minimum Gasteiger partial charge on any atom is -0.458 e. The molecular weight excluding hydrogens is 194 g/mol. The predicted octanol–water partition coefficient (Wildman–Crippen LogP) is 0.858. The molecule has 2 aromatic heterocycles. The second-order valence-corrected chi connectivity index (χ2v) is 2.99. The van der Waals surface area contributed by atoms with Gasteiger partial charge in [-0.3, -0.25) is 0 Å². The molecule has 2 aromatic rings. The smallest absolute Gasteiger partial charge is 0.225 e. The van der Waals surface area contributed by atoms with Crippen molar-refractivity contribution in [1.82, 2.24) is 15.0 Å². The molecule has 0 aliphatic heterocycles. The van der Waals surface area contributed by atoms with Crippen molar-refractivity contribution in [2.24, 2.45) is 0 Å². The van der Waals surface area contributed by atoms with Crippen LogP contribution in [0.1, 0.15) is 12.7 Å². The van der Waals surface area contributed by atoms with Gasteiger partial charge in [0, 0.05) is 6.42 Å². The van der Waals surface area contributed by atoms with Gasteiger partial charge in [-0.05, 0) is 12.1 Å². The quantitative estimate of drug-likeness (QED) is 0.753. The molecule has 0 aliphatic carbocycles. The molecule has 2 heterocycles. The molecule has 2 rings (SSSR count). The number of hydrogen-bond donors (Lipinski definition) is 2. The zero-order chi connectivity index (χ0) is 10.8. The zero-order valence-electron chi connectivity index (χ0n) is 8.27. The Bertz CT molecular complexity index is 459. The summed E-state index contributed by atoms with van der Waals surface area (Å²) in [5.74, 6) is 1.95. The molecule has 78 valence electrons. The normalized spacial score (nSPS) is 10.5. The van der Waals surface area contributed by atoms with Gasteiger partial charge in [0.15, 0.2) is 5.76 Å². The molecule has 0 unspecified atom stereocenters. The van der Waals surface area contributed by atoms with Gasteiger partial charge in [0.25, 0.3) is 0 Å². The van der Waals surface area contributed by atoms with Gasteiger partial charge in [-0.15, -0.1) is 0 Å². The number of furan rings is 1. The van der Waals surface area contributed by atoms with Crippen LogP contribution < -0.4 is 11.5 Å². The third-order valence-corrected chi connectivity index (χ3v) is 1.90. The molecule has 0 saturated carbocycles. The van der Waals surface area contributed by atoms with Gasteiger partial charge in [-0.25, -0.2) is 0 Å². The van der Waals surface area contributed by atoms with Crippen LogP contribution in [0.4, 0.5) is 11.9 Å². The molecule has 0 radical (unpaired) electrons. The van der Waals surface area contributed by atoms with Crippen LogP contribution in [0.5, 0.6) is 0 Å². The summed E-state index contributed by atoms with van der Waals surface area (Å²) in [5, 5.41) is 0. The predicted molar refractivity (Wildman–Crippen MR) is 55.7 cm³/mol. The first kappa shape index (κ1) is 9.45. The van der Waals surface area contributed by atoms with E-state index in [-0.39, 0.29) is 11.9 Å². The molecule has 6 heteroatoms. The van der Waals surface area contributed by atoms with E-state index in [1.54, 1.807) is 6.07 Å². The highest BCUT2D eigenvalue weighted by Gasteiger charge is 2.08. The van der Waals surface area contributed by atoms with Crippen molar-refractivity contribution >= 4 is 11.9 Å². The summed E-state index contributed by atoms with van der Waals surface area (Å²) in [5.41, 5.74) is 10.9. The number of hydrogen-bond acceptors (Lipinski definition) is 6. The van der Waals surface area contributed by atoms with E-state index < -0.39 is 0 Å². The molecule has 0 spiro atoms. The number of rotatable bonds is 2. The maximum Gasteiger partial charge on any atom is 0.225 e. The number of anilines is 2. The summed E-state index contributed by atoms with van der Waals surface area (Å²) in [4.78, 5) is 11.5. The second-order valence-electron chi connectivity index (χ2n) is 2.99. The van der Waals surface area contributed by atoms with Crippen LogP contribution in [0.25, 0.3) is 11.6 Å². The molecular formula is C9H11N5O. The lowest BCUT2D eigenvalue weighted by Gasteiger charge is -1.98. The second kappa shape index (κ2) is 3.56. The molecule has 0 amide bonds. The number of nitrogen functional groups attached to an aromatic ring is 2. The van der Waals surface area contributed by atoms with Crippen molar-refractivity contribution in [3.63, 3.8) is 0 Å². The van der Waals surface area contributed by atoms with Crippen LogP contribution in [0.3, 0.4) is 0 Å². The third kappa shape index (κ3) is 1.88. The van der Waals surface area contributed by atoms with Crippen LogP contribution >= 0.6 is 0 Å². The molecule has 0 fully saturated rings. The van der Waals surface area contributed by atoms with Crippen molar-refractivity contribution in [2.45, 2.75) is 13.3 Å². The fourth-order valence-corrected chi connectivity index (χ4v) is 1.21. The van der Waals surface area contributed by atoms with Crippen LogP contribution in [-0.2, 0) is 6.42 Å². The largest absolute Gasteiger partial charge is 0.458 e. The Labute approximate surface area is 86.4 Å². The summed E-state index contributed by atoms with van der Waals surface area (Å²) >= 11 is 0. The number of nitrogens with zero attached hydrogens (tertiary/aromatic N) is 3. The monoisotopic (exact) mass is 205 g/mol. The minimum absolute atomic E-state index is 0.0898. The van der Waals surface area contributed by atoms with Crippen LogP contribution in [-0.4, -0.2) is 15.0 Å². The highest BCUT2D eigenvalue weighted by molar-refractivity contribution is 5.50. The fourth-order valence-electron chi connectivity index (χ4n) is 1.21. The van der Waals surface area contributed by atoms with E-state index in [4.69, 9.17) is 15.9 Å². The number of aryl methyl sites for hydroxylation is 1. The Balaban J connectivity index is 2.44. The molecule has 0 saturated heterocycles. The topological polar surface area (TPSA) is 104 Å². The minimum atomic E-state index is 0.0898. The average Bonchev–Trinajstić information content (AvgIpc) is 2.64. The van der Waals surface area contributed by atoms with Gasteiger partial charge < -0.3 is 15.9 Å². The van der Waals surface area contributed by atoms with E-state index in [1.165, 1.54) is 0 Å². The lowest BCUT2D eigenvalue weighted by atomic mass is 10.3. The van der Waals surface area contributed by atoms with Crippen molar-refractivity contribution in [1.29, 1.82) is 0 Å². The van der Waals surface area contributed by atoms with Gasteiger partial charge >= 0.3 is 0 Å². The van der Waals surface area contributed by atoms with Gasteiger partial charge in [-0.1, -0.05) is 6.92 Å². The number of aromatic nitrogens is 3. The first-order valence-corrected chi connectivity index (χ1v) is 4.55. The van der Waals surface area contributed by atoms with Crippen LogP contribution in [0, 0.1) is 0 Å². The first-order chi connectivity index (χ1) is 7.19. The molecule has 15 heavy (non-hydrogen) atoms. The molecule has 4 N–H and O–H groups in total. The first-order valence-electron chi connectivity index (χ1n) is 4.55. The highest BCUT2D eigenvalue weighted by Crippen LogP contribution is 2.19. The average molecular weight is 205 g/mol. The standard InChI is InChI=1S/C9H11N5O/c1-2-5-3-4-6(15-5)7-12-8(10)14-9(11)13-7/h3-4H,2H2,1H3,(H4,10,11,12,13,14). The van der Waals surface area contributed by atoms with E-state index in [2.05, 4.69) is 15.0 Å². The summed E-state index contributed by atoms with van der Waals surface area (Å²) in [6.07, 6.45) is 0.816. The third-order valence-electron chi connectivity index (χ3n) is 1.90. The van der Waals surface area contributed by atoms with Crippen molar-refractivity contribution in [3.8, 4) is 11.6 Å². The Kier molecular flexibility index (Phi) is 2.24. The van der Waals surface area contributed by atoms with Crippen molar-refractivity contribution in [3.05, 3.63) is 17.9 Å². The van der Waals surface area contributed by atoms with E-state index >= 15 is 0 Å². The van der Waals surface area contributed by atoms with E-state index in [0.717, 1.165) is 12.2 Å². The summed E-state index contributed by atoms with van der Waals surface area (Å²) in [7, 11) is 0. The zero-order valence-corrected chi connectivity index (χ0v) is 8.27. The fraction of sp³-hybridized carbons (Fsp3) is 0.222. The number of nitrogens with two attached hydrogens (primary N) is 2. The van der Waals surface area contributed by atoms with E-state index in [9.17, 15) is 0 Å². The Morgan fingerprint density at radius 3 is 2.33 bits per heavy atom. The van der Waals surface area contributed by atoms with Gasteiger partial charge in [0.05, 0.1) is 0 Å². The van der Waals surface area contributed by atoms with Crippen LogP contribution in [0.15, 0.2) is 16.5 Å². The Morgan fingerprint density at radius 2 is 1.80 bits per heavy atom. The summed E-state index contributed by atoms with van der Waals surface area (Å²) in [6, 6.07) is 3.65. The summed E-state index contributed by atoms with van der Waals surface area (Å²) < 4.78 is 5.46. The van der Waals surface area contributed by atoms with Gasteiger partial charge in [0.2, 0.25) is 17.7 Å². The Morgan fingerprint density at radius 1 is 1.13 bits per heavy atom. The van der Waals surface area contributed by atoms with Gasteiger partial charge in [-0.2, -0.15) is 15.0 Å². The summed E-state index contributed by atoms with van der Waals surface area (Å²) in [6.45, 7) is 2.00. The Hall–Kier alpha value is -2.11. The van der Waals surface area contributed by atoms with E-state index in [0.29, 0.717) is 11.6 Å². The molecule has 0 aromatic carbocycles. The molecule has 0 bridgehead atoms. The van der Waals surface area contributed by atoms with Crippen LogP contribution in [0.2, 0.25) is 0 Å². The molecule has 6 nitrogen and oxygen atoms in total. The highest BCUT2D eigenvalue weighted by atomic mass is 16.3. The van der Waals surface area contributed by atoms with Gasteiger partial charge in [0.1, 0.15) is 5.76 Å². The van der Waals surface area contributed by atoms with Crippen molar-refractivity contribution < 1.29 is 4.42 Å². The maximum atomic E-state index is 5.46. The maximum absolute atomic E-state index is 5.46. The molecule has 0 atom stereocenters. The van der Waals surface area contributed by atoms with Crippen molar-refractivity contribution in [2.75, 3.05) is 11.5 Å². The lowest BCUT2D eigenvalue weighted by molar-refractivity contribution is 0.525.